The molecule has 0 N–H and O–H groups in total. The van der Waals surface area contributed by atoms with Crippen LogP contribution >= 0.6 is 0 Å². The van der Waals surface area contributed by atoms with Crippen molar-refractivity contribution in [1.82, 2.24) is 19.9 Å². The summed E-state index contributed by atoms with van der Waals surface area (Å²) in [4.78, 5) is 32.5. The quantitative estimate of drug-likeness (QED) is 0.830. The molecule has 2 saturated heterocycles. The smallest absolute Gasteiger partial charge is 0.255 e. The van der Waals surface area contributed by atoms with Gasteiger partial charge >= 0.3 is 0 Å². The van der Waals surface area contributed by atoms with Crippen molar-refractivity contribution in [3.63, 3.8) is 0 Å². The predicted molar refractivity (Wildman–Crippen MR) is 105 cm³/mol. The molecule has 2 aromatic heterocycles. The van der Waals surface area contributed by atoms with Gasteiger partial charge in [-0.15, -0.1) is 0 Å². The molecule has 0 saturated carbocycles. The van der Waals surface area contributed by atoms with Crippen LogP contribution in [0.15, 0.2) is 36.8 Å². The minimum absolute atomic E-state index is 0.0550. The van der Waals surface area contributed by atoms with Gasteiger partial charge in [0.25, 0.3) is 5.91 Å². The van der Waals surface area contributed by atoms with Gasteiger partial charge in [-0.1, -0.05) is 0 Å². The monoisotopic (exact) mass is 366 g/mol. The van der Waals surface area contributed by atoms with Crippen LogP contribution in [0.5, 0.6) is 0 Å². The van der Waals surface area contributed by atoms with E-state index < -0.39 is 0 Å². The van der Waals surface area contributed by atoms with Crippen LogP contribution in [0.1, 0.15) is 36.5 Å². The van der Waals surface area contributed by atoms with Crippen LogP contribution in [0.25, 0.3) is 0 Å². The zero-order chi connectivity index (χ0) is 18.6. The van der Waals surface area contributed by atoms with E-state index in [1.54, 1.807) is 18.6 Å². The normalized spacial score (nSPS) is 20.6. The van der Waals surface area contributed by atoms with E-state index in [4.69, 9.17) is 0 Å². The minimum atomic E-state index is 0.0550. The van der Waals surface area contributed by atoms with Crippen LogP contribution in [-0.4, -0.2) is 64.5 Å². The zero-order valence-electron chi connectivity index (χ0n) is 15.8. The molecule has 4 heterocycles. The van der Waals surface area contributed by atoms with E-state index in [0.29, 0.717) is 18.2 Å². The topological polar surface area (TPSA) is 65.5 Å². The molecular weight excluding hydrogens is 340 g/mol. The molecule has 27 heavy (non-hydrogen) atoms. The van der Waals surface area contributed by atoms with E-state index in [0.717, 1.165) is 44.4 Å². The second-order valence-corrected chi connectivity index (χ2v) is 7.27. The highest BCUT2D eigenvalue weighted by molar-refractivity contribution is 5.94. The Labute approximate surface area is 160 Å². The Kier molecular flexibility index (Phi) is 5.18. The van der Waals surface area contributed by atoms with Gasteiger partial charge in [-0.2, -0.15) is 0 Å². The molecule has 1 amide bonds. The van der Waals surface area contributed by atoms with Crippen LogP contribution in [-0.2, 0) is 0 Å². The molecule has 2 fully saturated rings. The number of hydrogen-bond donors (Lipinski definition) is 0. The largest absolute Gasteiger partial charge is 0.354 e. The van der Waals surface area contributed by atoms with Gasteiger partial charge in [0, 0.05) is 57.4 Å². The molecule has 4 rings (SSSR count). The van der Waals surface area contributed by atoms with Gasteiger partial charge in [0.05, 0.1) is 5.56 Å². The van der Waals surface area contributed by atoms with Crippen LogP contribution in [0, 0.1) is 0 Å². The lowest BCUT2D eigenvalue weighted by Crippen LogP contribution is -2.35. The molecule has 0 aromatic carbocycles. The fourth-order valence-electron chi connectivity index (χ4n) is 3.91. The molecule has 7 nitrogen and oxygen atoms in total. The molecule has 0 unspecified atom stereocenters. The average Bonchev–Trinajstić information content (AvgIpc) is 3.00. The summed E-state index contributed by atoms with van der Waals surface area (Å²) in [5.74, 6) is 1.76. The number of pyridine rings is 1. The van der Waals surface area contributed by atoms with Crippen LogP contribution in [0.3, 0.4) is 0 Å². The summed E-state index contributed by atoms with van der Waals surface area (Å²) in [6, 6.07) is 6.24. The van der Waals surface area contributed by atoms with Crippen molar-refractivity contribution in [2.45, 2.75) is 32.2 Å². The van der Waals surface area contributed by atoms with E-state index in [2.05, 4.69) is 31.7 Å². The summed E-state index contributed by atoms with van der Waals surface area (Å²) in [6.45, 7) is 6.29. The first-order valence-electron chi connectivity index (χ1n) is 9.76. The van der Waals surface area contributed by atoms with Gasteiger partial charge in [-0.3, -0.25) is 4.79 Å². The number of anilines is 2. The Morgan fingerprint density at radius 2 is 1.85 bits per heavy atom. The molecule has 142 valence electrons. The van der Waals surface area contributed by atoms with Gasteiger partial charge < -0.3 is 14.7 Å². The van der Waals surface area contributed by atoms with Gasteiger partial charge in [-0.25, -0.2) is 15.0 Å². The Balaban J connectivity index is 1.40. The Morgan fingerprint density at radius 1 is 1.00 bits per heavy atom. The summed E-state index contributed by atoms with van der Waals surface area (Å²) in [5, 5.41) is 0. The molecular formula is C20H26N6O. The Bertz CT molecular complexity index is 766. The second-order valence-electron chi connectivity index (χ2n) is 7.27. The summed E-state index contributed by atoms with van der Waals surface area (Å²) >= 11 is 0. The highest BCUT2D eigenvalue weighted by atomic mass is 16.2. The minimum Gasteiger partial charge on any atom is -0.354 e. The number of carbonyl (C=O) groups is 1. The van der Waals surface area contributed by atoms with Gasteiger partial charge in [0.15, 0.2) is 0 Å². The van der Waals surface area contributed by atoms with Gasteiger partial charge in [0.1, 0.15) is 5.82 Å². The maximum absolute atomic E-state index is 12.9. The number of carbonyl (C=O) groups excluding carboxylic acids is 1. The fourth-order valence-corrected chi connectivity index (χ4v) is 3.91. The first-order valence-corrected chi connectivity index (χ1v) is 9.76. The third-order valence-electron chi connectivity index (χ3n) is 5.46. The molecule has 2 aromatic rings. The molecule has 1 atom stereocenters. The summed E-state index contributed by atoms with van der Waals surface area (Å²) in [6.07, 6.45) is 8.55. The molecule has 0 bridgehead atoms. The van der Waals surface area contributed by atoms with E-state index in [1.807, 2.05) is 23.1 Å². The number of rotatable bonds is 3. The van der Waals surface area contributed by atoms with E-state index in [1.165, 1.54) is 12.8 Å². The third kappa shape index (κ3) is 3.86. The number of amides is 1. The lowest BCUT2D eigenvalue weighted by molar-refractivity contribution is 0.0766. The molecule has 2 aliphatic rings. The van der Waals surface area contributed by atoms with Gasteiger partial charge in [-0.05, 0) is 44.4 Å². The van der Waals surface area contributed by atoms with E-state index in [9.17, 15) is 4.79 Å². The zero-order valence-corrected chi connectivity index (χ0v) is 15.8. The summed E-state index contributed by atoms with van der Waals surface area (Å²) < 4.78 is 0. The van der Waals surface area contributed by atoms with Crippen molar-refractivity contribution in [1.29, 1.82) is 0 Å². The number of hydrogen-bond acceptors (Lipinski definition) is 6. The number of nitrogens with zero attached hydrogens (tertiary/aromatic N) is 6. The summed E-state index contributed by atoms with van der Waals surface area (Å²) in [5.41, 5.74) is 0.662. The highest BCUT2D eigenvalue weighted by Gasteiger charge is 2.24. The molecule has 0 aliphatic carbocycles. The average molecular weight is 366 g/mol. The first-order chi connectivity index (χ1) is 13.2. The van der Waals surface area contributed by atoms with Crippen molar-refractivity contribution in [2.24, 2.45) is 0 Å². The molecule has 0 radical (unpaired) electrons. The van der Waals surface area contributed by atoms with Crippen molar-refractivity contribution in [3.05, 3.63) is 42.4 Å². The van der Waals surface area contributed by atoms with Crippen LogP contribution < -0.4 is 9.80 Å². The van der Waals surface area contributed by atoms with E-state index in [-0.39, 0.29) is 5.91 Å². The van der Waals surface area contributed by atoms with E-state index >= 15 is 0 Å². The van der Waals surface area contributed by atoms with Crippen molar-refractivity contribution in [2.75, 3.05) is 42.5 Å². The van der Waals surface area contributed by atoms with Crippen molar-refractivity contribution >= 4 is 17.7 Å². The Hall–Kier alpha value is -2.70. The maximum Gasteiger partial charge on any atom is 0.255 e. The van der Waals surface area contributed by atoms with Crippen LogP contribution in [0.2, 0.25) is 0 Å². The Morgan fingerprint density at radius 3 is 2.56 bits per heavy atom. The predicted octanol–water partition coefficient (Wildman–Crippen LogP) is 2.21. The molecule has 0 spiro atoms. The second kappa shape index (κ2) is 7.90. The third-order valence-corrected chi connectivity index (χ3v) is 5.46. The SMILES string of the molecule is C[C@H]1CCCN1c1ccc(C(=O)N2CCCN(c3ncccn3)CC2)cn1. The van der Waals surface area contributed by atoms with Crippen molar-refractivity contribution < 1.29 is 4.79 Å². The first kappa shape index (κ1) is 17.7. The lowest BCUT2D eigenvalue weighted by atomic mass is 10.2. The standard InChI is InChI=1S/C20H26N6O/c1-16-5-2-12-26(16)18-7-6-17(15-23-18)19(27)24-10-4-11-25(14-13-24)20-21-8-3-9-22-20/h3,6-9,15-16H,2,4-5,10-14H2,1H3/t16-/m0/s1. The van der Waals surface area contributed by atoms with Crippen LogP contribution in [0.4, 0.5) is 11.8 Å². The fraction of sp³-hybridized carbons (Fsp3) is 0.500. The van der Waals surface area contributed by atoms with Gasteiger partial charge in [0.2, 0.25) is 5.95 Å². The number of aromatic nitrogens is 3. The maximum atomic E-state index is 12.9. The summed E-state index contributed by atoms with van der Waals surface area (Å²) in [7, 11) is 0. The molecule has 7 heteroatoms. The lowest BCUT2D eigenvalue weighted by Gasteiger charge is -2.24. The van der Waals surface area contributed by atoms with Crippen molar-refractivity contribution in [3.8, 4) is 0 Å². The highest BCUT2D eigenvalue weighted by Crippen LogP contribution is 2.23. The molecule has 2 aliphatic heterocycles.